The monoisotopic (exact) mass is 505 g/mol. The molecule has 4 amide bonds. The number of benzene rings is 1. The first kappa shape index (κ1) is 25.0. The van der Waals surface area contributed by atoms with Gasteiger partial charge < -0.3 is 25.4 Å². The van der Waals surface area contributed by atoms with Crippen LogP contribution in [-0.2, 0) is 20.8 Å². The van der Waals surface area contributed by atoms with Gasteiger partial charge in [-0.25, -0.2) is 0 Å². The number of fused-ring (bicyclic) bond motifs is 4. The zero-order valence-corrected chi connectivity index (χ0v) is 21.2. The molecule has 3 N–H and O–H groups in total. The van der Waals surface area contributed by atoms with Crippen LogP contribution in [0.25, 0.3) is 0 Å². The molecule has 3 fully saturated rings. The van der Waals surface area contributed by atoms with Crippen molar-refractivity contribution in [1.29, 1.82) is 0 Å². The van der Waals surface area contributed by atoms with Gasteiger partial charge in [0.05, 0.1) is 0 Å². The second kappa shape index (κ2) is 10.8. The summed E-state index contributed by atoms with van der Waals surface area (Å²) in [6, 6.07) is 11.7. The van der Waals surface area contributed by atoms with Crippen LogP contribution in [0.15, 0.2) is 48.7 Å². The van der Waals surface area contributed by atoms with Crippen LogP contribution >= 0.6 is 0 Å². The maximum Gasteiger partial charge on any atom is 0.270 e. The molecule has 4 heterocycles. The Kier molecular flexibility index (Phi) is 7.30. The van der Waals surface area contributed by atoms with Gasteiger partial charge in [-0.15, -0.1) is 0 Å². The highest BCUT2D eigenvalue weighted by molar-refractivity contribution is 5.93. The van der Waals surface area contributed by atoms with Crippen molar-refractivity contribution in [3.63, 3.8) is 0 Å². The molecule has 3 aliphatic rings. The minimum Gasteiger partial charge on any atom is -0.357 e. The van der Waals surface area contributed by atoms with E-state index in [0.29, 0.717) is 51.0 Å². The number of nitrogens with zero attached hydrogens (tertiary/aromatic N) is 2. The van der Waals surface area contributed by atoms with Gasteiger partial charge in [-0.1, -0.05) is 30.3 Å². The Hall–Kier alpha value is -3.62. The Bertz CT molecular complexity index is 1130. The third-order valence-corrected chi connectivity index (χ3v) is 7.94. The van der Waals surface area contributed by atoms with E-state index < -0.39 is 12.1 Å². The van der Waals surface area contributed by atoms with E-state index in [0.717, 1.165) is 12.0 Å². The molecule has 2 bridgehead atoms. The molecule has 9 nitrogen and oxygen atoms in total. The highest BCUT2D eigenvalue weighted by atomic mass is 16.2. The molecule has 0 spiro atoms. The second-order valence-electron chi connectivity index (χ2n) is 10.6. The van der Waals surface area contributed by atoms with Crippen LogP contribution in [0.4, 0.5) is 0 Å². The molecule has 37 heavy (non-hydrogen) atoms. The molecule has 0 radical (unpaired) electrons. The van der Waals surface area contributed by atoms with Crippen LogP contribution in [0.3, 0.4) is 0 Å². The Labute approximate surface area is 217 Å². The van der Waals surface area contributed by atoms with E-state index in [1.54, 1.807) is 19.2 Å². The predicted molar refractivity (Wildman–Crippen MR) is 137 cm³/mol. The van der Waals surface area contributed by atoms with Crippen LogP contribution in [-0.4, -0.2) is 76.2 Å². The normalized spacial score (nSPS) is 28.9. The van der Waals surface area contributed by atoms with Crippen molar-refractivity contribution in [3.05, 3.63) is 59.9 Å². The Morgan fingerprint density at radius 2 is 1.81 bits per heavy atom. The molecule has 0 aliphatic carbocycles. The minimum absolute atomic E-state index is 0.0183. The number of aromatic amines is 1. The van der Waals surface area contributed by atoms with Gasteiger partial charge in [0.1, 0.15) is 17.8 Å². The van der Waals surface area contributed by atoms with Gasteiger partial charge in [-0.3, -0.25) is 19.2 Å². The first-order chi connectivity index (χ1) is 17.9. The maximum atomic E-state index is 14.1. The summed E-state index contributed by atoms with van der Waals surface area (Å²) in [5.74, 6) is -0.342. The average molecular weight is 506 g/mol. The minimum atomic E-state index is -0.730. The first-order valence-corrected chi connectivity index (χ1v) is 13.3. The zero-order chi connectivity index (χ0) is 25.9. The summed E-state index contributed by atoms with van der Waals surface area (Å²) in [6.07, 6.45) is 4.67. The molecule has 0 unspecified atom stereocenters. The van der Waals surface area contributed by atoms with Crippen LogP contribution in [0.5, 0.6) is 0 Å². The summed E-state index contributed by atoms with van der Waals surface area (Å²) in [5, 5.41) is 5.70. The third-order valence-electron chi connectivity index (χ3n) is 7.94. The van der Waals surface area contributed by atoms with Gasteiger partial charge >= 0.3 is 0 Å². The van der Waals surface area contributed by atoms with E-state index in [1.165, 1.54) is 0 Å². The fourth-order valence-electron chi connectivity index (χ4n) is 6.17. The van der Waals surface area contributed by atoms with Crippen molar-refractivity contribution < 1.29 is 19.2 Å². The van der Waals surface area contributed by atoms with E-state index >= 15 is 0 Å². The molecule has 3 aliphatic heterocycles. The molecule has 1 aromatic heterocycles. The number of carbonyl (C=O) groups is 4. The Morgan fingerprint density at radius 3 is 2.57 bits per heavy atom. The number of nitrogens with one attached hydrogen (secondary N) is 3. The number of likely N-dealkylation sites (tertiary alicyclic amines) is 1. The highest BCUT2D eigenvalue weighted by Crippen LogP contribution is 2.36. The molecule has 9 heteroatoms. The summed E-state index contributed by atoms with van der Waals surface area (Å²) in [5.41, 5.74) is 1.53. The highest BCUT2D eigenvalue weighted by Gasteiger charge is 2.45. The van der Waals surface area contributed by atoms with Gasteiger partial charge in [-0.05, 0) is 55.7 Å². The number of amides is 4. The second-order valence-corrected chi connectivity index (χ2v) is 10.6. The summed E-state index contributed by atoms with van der Waals surface area (Å²) in [4.78, 5) is 59.5. The number of H-pyrrole nitrogens is 1. The van der Waals surface area contributed by atoms with Gasteiger partial charge in [0.25, 0.3) is 5.91 Å². The van der Waals surface area contributed by atoms with Crippen molar-refractivity contribution in [3.8, 4) is 0 Å². The van der Waals surface area contributed by atoms with Gasteiger partial charge in [-0.2, -0.15) is 0 Å². The summed E-state index contributed by atoms with van der Waals surface area (Å²) in [6.45, 7) is 3.35. The number of carbonyl (C=O) groups excluding carboxylic acids is 4. The summed E-state index contributed by atoms with van der Waals surface area (Å²) < 4.78 is 0. The Morgan fingerprint density at radius 1 is 1.00 bits per heavy atom. The van der Waals surface area contributed by atoms with Crippen molar-refractivity contribution in [2.45, 2.75) is 57.2 Å². The largest absolute Gasteiger partial charge is 0.357 e. The van der Waals surface area contributed by atoms with Crippen LogP contribution in [0.1, 0.15) is 48.7 Å². The van der Waals surface area contributed by atoms with Crippen LogP contribution in [0.2, 0.25) is 0 Å². The summed E-state index contributed by atoms with van der Waals surface area (Å²) in [7, 11) is 0. The quantitative estimate of drug-likeness (QED) is 0.589. The number of piperidine rings is 2. The predicted octanol–water partition coefficient (Wildman–Crippen LogP) is 1.72. The third kappa shape index (κ3) is 5.55. The Balaban J connectivity index is 1.42. The fourth-order valence-corrected chi connectivity index (χ4v) is 6.17. The number of hydrogen-bond acceptors (Lipinski definition) is 4. The van der Waals surface area contributed by atoms with E-state index in [1.807, 2.05) is 46.2 Å². The topological polar surface area (TPSA) is 115 Å². The lowest BCUT2D eigenvalue weighted by molar-refractivity contribution is -0.145. The summed E-state index contributed by atoms with van der Waals surface area (Å²) >= 11 is 0. The van der Waals surface area contributed by atoms with Crippen molar-refractivity contribution in [1.82, 2.24) is 25.4 Å². The number of rotatable bonds is 3. The molecule has 5 rings (SSSR count). The molecular weight excluding hydrogens is 470 g/mol. The zero-order valence-electron chi connectivity index (χ0n) is 21.2. The molecule has 0 saturated carbocycles. The average Bonchev–Trinajstić information content (AvgIpc) is 3.43. The lowest BCUT2D eigenvalue weighted by Crippen LogP contribution is -2.63. The lowest BCUT2D eigenvalue weighted by atomic mass is 9.77. The first-order valence-electron chi connectivity index (χ1n) is 13.3. The van der Waals surface area contributed by atoms with E-state index in [-0.39, 0.29) is 41.5 Å². The van der Waals surface area contributed by atoms with Gasteiger partial charge in [0, 0.05) is 44.7 Å². The van der Waals surface area contributed by atoms with Gasteiger partial charge in [0.15, 0.2) is 0 Å². The number of hydrogen-bond donors (Lipinski definition) is 3. The maximum absolute atomic E-state index is 14.1. The smallest absolute Gasteiger partial charge is 0.270 e. The molecular formula is C28H35N5O4. The van der Waals surface area contributed by atoms with Gasteiger partial charge in [0.2, 0.25) is 17.7 Å². The molecule has 5 atom stereocenters. The van der Waals surface area contributed by atoms with Crippen LogP contribution < -0.4 is 10.6 Å². The molecule has 1 aromatic carbocycles. The van der Waals surface area contributed by atoms with E-state index in [4.69, 9.17) is 0 Å². The SMILES string of the molecule is C[C@H]1NC(=O)CCC[C@H]2[C@@H]3C[C@@H](CN(C(=O)c4ccc[nH]4)C3)CN2C(=O)[C@H](Cc2ccccc2)NC1=O. The number of aromatic nitrogens is 1. The van der Waals surface area contributed by atoms with Crippen LogP contribution in [0, 0.1) is 11.8 Å². The standard InChI is InChI=1S/C28H35N5O4/c1-18-26(35)31-23(14-19-7-3-2-4-8-19)28(37)33-16-20-13-21(24(33)10-5-11-25(34)30-18)17-32(15-20)27(36)22-9-6-12-29-22/h2-4,6-9,12,18,20-21,23-24,29H,5,10-11,13-17H2,1H3,(H,30,34)(H,31,35)/t18-,20+,21-,23+,24+/m1/s1. The lowest BCUT2D eigenvalue weighted by Gasteiger charge is -2.51. The van der Waals surface area contributed by atoms with Crippen molar-refractivity contribution in [2.75, 3.05) is 19.6 Å². The fraction of sp³-hybridized carbons (Fsp3) is 0.500. The van der Waals surface area contributed by atoms with E-state index in [2.05, 4.69) is 15.6 Å². The van der Waals surface area contributed by atoms with E-state index in [9.17, 15) is 19.2 Å². The molecule has 2 aromatic rings. The molecule has 196 valence electrons. The van der Waals surface area contributed by atoms with Crippen molar-refractivity contribution >= 4 is 23.6 Å². The van der Waals surface area contributed by atoms with Crippen molar-refractivity contribution in [2.24, 2.45) is 11.8 Å². The molecule has 3 saturated heterocycles.